The molecule has 0 saturated heterocycles. The first kappa shape index (κ1) is 22.9. The third kappa shape index (κ3) is 9.23. The molecule has 0 spiro atoms. The van der Waals surface area contributed by atoms with E-state index in [2.05, 4.69) is 17.6 Å². The Morgan fingerprint density at radius 1 is 0.792 bits per heavy atom. The minimum absolute atomic E-state index is 0.0659. The number of likely N-dealkylation sites (N-methyl/N-ethyl adjacent to an activating group) is 2. The summed E-state index contributed by atoms with van der Waals surface area (Å²) in [5.74, 6) is 0.195. The highest BCUT2D eigenvalue weighted by Gasteiger charge is 2.20. The monoisotopic (exact) mass is 342 g/mol. The molecule has 24 heavy (non-hydrogen) atoms. The van der Waals surface area contributed by atoms with E-state index in [4.69, 9.17) is 0 Å². The number of hydrogen-bond donors (Lipinski definition) is 2. The Bertz CT molecular complexity index is 359. The summed E-state index contributed by atoms with van der Waals surface area (Å²) in [5, 5.41) is 6.00. The van der Waals surface area contributed by atoms with Gasteiger partial charge in [-0.3, -0.25) is 19.4 Å². The lowest BCUT2D eigenvalue weighted by molar-refractivity contribution is -0.126. The Morgan fingerprint density at radius 2 is 1.29 bits per heavy atom. The summed E-state index contributed by atoms with van der Waals surface area (Å²) < 4.78 is 0. The SMILES string of the molecule is CCCCNC(=O)C(CCCCNC(=O)[C@H](CC)N(C)C)N(C)C. The van der Waals surface area contributed by atoms with Gasteiger partial charge in [-0.2, -0.15) is 0 Å². The molecular weight excluding hydrogens is 304 g/mol. The number of amides is 2. The third-order valence-electron chi connectivity index (χ3n) is 4.27. The van der Waals surface area contributed by atoms with E-state index >= 15 is 0 Å². The topological polar surface area (TPSA) is 64.7 Å². The summed E-state index contributed by atoms with van der Waals surface area (Å²) in [7, 11) is 7.72. The molecule has 142 valence electrons. The molecule has 0 aliphatic rings. The van der Waals surface area contributed by atoms with Crippen LogP contribution in [0.25, 0.3) is 0 Å². The Hall–Kier alpha value is -1.14. The van der Waals surface area contributed by atoms with Crippen molar-refractivity contribution in [2.45, 2.75) is 64.5 Å². The van der Waals surface area contributed by atoms with Crippen LogP contribution in [0.3, 0.4) is 0 Å². The van der Waals surface area contributed by atoms with Gasteiger partial charge in [0, 0.05) is 13.1 Å². The third-order valence-corrected chi connectivity index (χ3v) is 4.27. The molecule has 0 aromatic rings. The van der Waals surface area contributed by atoms with Gasteiger partial charge in [-0.15, -0.1) is 0 Å². The van der Waals surface area contributed by atoms with Gasteiger partial charge in [0.1, 0.15) is 0 Å². The van der Waals surface area contributed by atoms with Crippen LogP contribution in [0.5, 0.6) is 0 Å². The van der Waals surface area contributed by atoms with Gasteiger partial charge in [0.2, 0.25) is 11.8 Å². The van der Waals surface area contributed by atoms with Crippen molar-refractivity contribution in [2.24, 2.45) is 0 Å². The Morgan fingerprint density at radius 3 is 1.75 bits per heavy atom. The van der Waals surface area contributed by atoms with Gasteiger partial charge in [-0.05, 0) is 60.3 Å². The smallest absolute Gasteiger partial charge is 0.237 e. The zero-order valence-corrected chi connectivity index (χ0v) is 16.5. The second-order valence-corrected chi connectivity index (χ2v) is 6.80. The normalized spacial score (nSPS) is 13.8. The highest BCUT2D eigenvalue weighted by atomic mass is 16.2. The van der Waals surface area contributed by atoms with Crippen LogP contribution in [0.15, 0.2) is 0 Å². The number of rotatable bonds is 13. The highest BCUT2D eigenvalue weighted by Crippen LogP contribution is 2.06. The standard InChI is InChI=1S/C18H38N4O2/c1-7-9-13-19-18(24)16(22(5)6)12-10-11-14-20-17(23)15(8-2)21(3)4/h15-16H,7-14H2,1-6H3,(H,19,24)(H,20,23)/t15-,16?/m0/s1. The van der Waals surface area contributed by atoms with Gasteiger partial charge in [0.05, 0.1) is 12.1 Å². The number of carbonyl (C=O) groups excluding carboxylic acids is 2. The van der Waals surface area contributed by atoms with E-state index in [0.29, 0.717) is 6.54 Å². The van der Waals surface area contributed by atoms with Crippen molar-refractivity contribution in [3.05, 3.63) is 0 Å². The molecule has 6 nitrogen and oxygen atoms in total. The number of nitrogens with zero attached hydrogens (tertiary/aromatic N) is 2. The number of carbonyl (C=O) groups is 2. The molecule has 0 saturated carbocycles. The van der Waals surface area contributed by atoms with E-state index < -0.39 is 0 Å². The Kier molecular flexibility index (Phi) is 12.6. The number of nitrogens with one attached hydrogen (secondary N) is 2. The molecule has 2 atom stereocenters. The van der Waals surface area contributed by atoms with E-state index in [-0.39, 0.29) is 23.9 Å². The predicted molar refractivity (Wildman–Crippen MR) is 100 cm³/mol. The van der Waals surface area contributed by atoms with Crippen molar-refractivity contribution in [1.29, 1.82) is 0 Å². The fourth-order valence-electron chi connectivity index (χ4n) is 2.71. The first-order valence-electron chi connectivity index (χ1n) is 9.23. The molecule has 0 radical (unpaired) electrons. The molecule has 2 N–H and O–H groups in total. The second kappa shape index (κ2) is 13.2. The molecule has 0 aliphatic heterocycles. The first-order valence-corrected chi connectivity index (χ1v) is 9.23. The molecule has 1 unspecified atom stereocenters. The largest absolute Gasteiger partial charge is 0.355 e. The number of unbranched alkanes of at least 4 members (excludes halogenated alkanes) is 2. The molecule has 0 aliphatic carbocycles. The molecule has 0 bridgehead atoms. The van der Waals surface area contributed by atoms with Crippen LogP contribution in [0.4, 0.5) is 0 Å². The van der Waals surface area contributed by atoms with Gasteiger partial charge in [-0.1, -0.05) is 20.3 Å². The fourth-order valence-corrected chi connectivity index (χ4v) is 2.71. The molecule has 0 aromatic heterocycles. The quantitative estimate of drug-likeness (QED) is 0.497. The maximum absolute atomic E-state index is 12.2. The Labute approximate surface area is 148 Å². The van der Waals surface area contributed by atoms with Crippen LogP contribution >= 0.6 is 0 Å². The predicted octanol–water partition coefficient (Wildman–Crippen LogP) is 1.46. The molecule has 0 heterocycles. The van der Waals surface area contributed by atoms with Crippen molar-refractivity contribution in [3.63, 3.8) is 0 Å². The van der Waals surface area contributed by atoms with Gasteiger partial charge in [0.25, 0.3) is 0 Å². The van der Waals surface area contributed by atoms with E-state index in [1.165, 1.54) is 0 Å². The van der Waals surface area contributed by atoms with Crippen molar-refractivity contribution < 1.29 is 9.59 Å². The van der Waals surface area contributed by atoms with Crippen LogP contribution in [0, 0.1) is 0 Å². The average Bonchev–Trinajstić information content (AvgIpc) is 2.50. The maximum Gasteiger partial charge on any atom is 0.237 e. The van der Waals surface area contributed by atoms with Crippen molar-refractivity contribution in [1.82, 2.24) is 20.4 Å². The minimum atomic E-state index is -0.0947. The summed E-state index contributed by atoms with van der Waals surface area (Å²) in [6, 6.07) is -0.161. The van der Waals surface area contributed by atoms with E-state index in [0.717, 1.165) is 45.1 Å². The van der Waals surface area contributed by atoms with Gasteiger partial charge < -0.3 is 10.6 Å². The van der Waals surface area contributed by atoms with Crippen LogP contribution in [0.2, 0.25) is 0 Å². The molecule has 0 aromatic carbocycles. The van der Waals surface area contributed by atoms with E-state index in [1.807, 2.05) is 44.9 Å². The van der Waals surface area contributed by atoms with Crippen molar-refractivity contribution >= 4 is 11.8 Å². The minimum Gasteiger partial charge on any atom is -0.355 e. The summed E-state index contributed by atoms with van der Waals surface area (Å²) in [6.45, 7) is 5.55. The summed E-state index contributed by atoms with van der Waals surface area (Å²) in [5.41, 5.74) is 0. The van der Waals surface area contributed by atoms with Gasteiger partial charge in [-0.25, -0.2) is 0 Å². The zero-order valence-electron chi connectivity index (χ0n) is 16.5. The summed E-state index contributed by atoms with van der Waals surface area (Å²) >= 11 is 0. The number of hydrogen-bond acceptors (Lipinski definition) is 4. The zero-order chi connectivity index (χ0) is 18.5. The molecule has 0 rings (SSSR count). The van der Waals surface area contributed by atoms with E-state index in [9.17, 15) is 9.59 Å². The Balaban J connectivity index is 4.08. The first-order chi connectivity index (χ1) is 11.3. The van der Waals surface area contributed by atoms with Crippen LogP contribution in [-0.4, -0.2) is 75.0 Å². The lowest BCUT2D eigenvalue weighted by atomic mass is 10.1. The van der Waals surface area contributed by atoms with E-state index in [1.54, 1.807) is 0 Å². The maximum atomic E-state index is 12.2. The summed E-state index contributed by atoms with van der Waals surface area (Å²) in [4.78, 5) is 28.2. The molecule has 2 amide bonds. The van der Waals surface area contributed by atoms with Crippen LogP contribution in [-0.2, 0) is 9.59 Å². The lowest BCUT2D eigenvalue weighted by Crippen LogP contribution is -2.44. The fraction of sp³-hybridized carbons (Fsp3) is 0.889. The highest BCUT2D eigenvalue weighted by molar-refractivity contribution is 5.82. The van der Waals surface area contributed by atoms with Gasteiger partial charge in [0.15, 0.2) is 0 Å². The molecule has 6 heteroatoms. The molecular formula is C18H38N4O2. The van der Waals surface area contributed by atoms with Crippen molar-refractivity contribution in [2.75, 3.05) is 41.3 Å². The summed E-state index contributed by atoms with van der Waals surface area (Å²) in [6.07, 6.45) is 5.52. The second-order valence-electron chi connectivity index (χ2n) is 6.80. The average molecular weight is 343 g/mol. The van der Waals surface area contributed by atoms with Crippen LogP contribution in [0.1, 0.15) is 52.4 Å². The van der Waals surface area contributed by atoms with Gasteiger partial charge >= 0.3 is 0 Å². The van der Waals surface area contributed by atoms with Crippen LogP contribution < -0.4 is 10.6 Å². The molecule has 0 fully saturated rings. The van der Waals surface area contributed by atoms with Crippen molar-refractivity contribution in [3.8, 4) is 0 Å². The lowest BCUT2D eigenvalue weighted by Gasteiger charge is -2.24.